The number of ether oxygens (including phenoxy) is 1. The first-order valence-corrected chi connectivity index (χ1v) is 7.08. The van der Waals surface area contributed by atoms with Crippen LogP contribution in [0.2, 0.25) is 5.02 Å². The highest BCUT2D eigenvalue weighted by atomic mass is 35.5. The molecule has 0 saturated heterocycles. The summed E-state index contributed by atoms with van der Waals surface area (Å²) in [5.74, 6) is 1.44. The predicted octanol–water partition coefficient (Wildman–Crippen LogP) is 4.04. The zero-order valence-electron chi connectivity index (χ0n) is 11.6. The lowest BCUT2D eigenvalue weighted by molar-refractivity contribution is 0.286. The third kappa shape index (κ3) is 4.87. The van der Waals surface area contributed by atoms with Gasteiger partial charge in [-0.2, -0.15) is 0 Å². The zero-order chi connectivity index (χ0) is 13.5. The van der Waals surface area contributed by atoms with Crippen LogP contribution in [0.15, 0.2) is 18.2 Å². The van der Waals surface area contributed by atoms with Gasteiger partial charge in [0.2, 0.25) is 0 Å². The Bertz CT molecular complexity index is 366. The molecule has 0 radical (unpaired) electrons. The molecule has 102 valence electrons. The maximum Gasteiger partial charge on any atom is 0.141 e. The van der Waals surface area contributed by atoms with E-state index in [-0.39, 0.29) is 6.04 Å². The summed E-state index contributed by atoms with van der Waals surface area (Å²) in [5, 5.41) is 0.680. The van der Waals surface area contributed by atoms with Gasteiger partial charge in [-0.25, -0.2) is 0 Å². The fourth-order valence-corrected chi connectivity index (χ4v) is 1.95. The van der Waals surface area contributed by atoms with Crippen LogP contribution < -0.4 is 10.5 Å². The first kappa shape index (κ1) is 15.3. The summed E-state index contributed by atoms with van der Waals surface area (Å²) in [4.78, 5) is 0. The molecule has 0 aliphatic carbocycles. The molecule has 0 fully saturated rings. The van der Waals surface area contributed by atoms with E-state index in [0.29, 0.717) is 17.5 Å². The molecule has 0 aromatic heterocycles. The van der Waals surface area contributed by atoms with E-state index in [0.717, 1.165) is 30.6 Å². The molecule has 18 heavy (non-hydrogen) atoms. The molecular weight excluding hydrogens is 246 g/mol. The molecule has 0 saturated carbocycles. The highest BCUT2D eigenvalue weighted by Crippen LogP contribution is 2.30. The molecule has 0 aliphatic heterocycles. The van der Waals surface area contributed by atoms with Gasteiger partial charge < -0.3 is 10.5 Å². The van der Waals surface area contributed by atoms with Crippen molar-refractivity contribution in [3.63, 3.8) is 0 Å². The molecule has 0 bridgehead atoms. The quantitative estimate of drug-likeness (QED) is 0.811. The predicted molar refractivity (Wildman–Crippen MR) is 78.4 cm³/mol. The highest BCUT2D eigenvalue weighted by molar-refractivity contribution is 6.32. The summed E-state index contributed by atoms with van der Waals surface area (Å²) < 4.78 is 5.84. The van der Waals surface area contributed by atoms with Crippen molar-refractivity contribution in [1.82, 2.24) is 0 Å². The molecule has 1 aromatic carbocycles. The van der Waals surface area contributed by atoms with Crippen LogP contribution in [0, 0.1) is 5.92 Å². The average molecular weight is 270 g/mol. The number of nitrogens with two attached hydrogens (primary N) is 1. The van der Waals surface area contributed by atoms with Gasteiger partial charge >= 0.3 is 0 Å². The molecular formula is C15H24ClNO. The fourth-order valence-electron chi connectivity index (χ4n) is 1.70. The molecule has 0 spiro atoms. The smallest absolute Gasteiger partial charge is 0.141 e. The largest absolute Gasteiger partial charge is 0.492 e. The van der Waals surface area contributed by atoms with E-state index < -0.39 is 0 Å². The minimum Gasteiger partial charge on any atom is -0.492 e. The van der Waals surface area contributed by atoms with Gasteiger partial charge in [0.05, 0.1) is 11.6 Å². The van der Waals surface area contributed by atoms with Gasteiger partial charge in [-0.3, -0.25) is 0 Å². The van der Waals surface area contributed by atoms with Crippen molar-refractivity contribution >= 4 is 11.6 Å². The van der Waals surface area contributed by atoms with Crippen LogP contribution in [0.1, 0.15) is 39.2 Å². The van der Waals surface area contributed by atoms with E-state index in [1.54, 1.807) is 0 Å². The minimum absolute atomic E-state index is 0.163. The molecule has 2 nitrogen and oxygen atoms in total. The Morgan fingerprint density at radius 1 is 1.33 bits per heavy atom. The van der Waals surface area contributed by atoms with Crippen LogP contribution in [0.4, 0.5) is 0 Å². The third-order valence-corrected chi connectivity index (χ3v) is 3.29. The van der Waals surface area contributed by atoms with Crippen molar-refractivity contribution in [3.8, 4) is 5.75 Å². The Morgan fingerprint density at radius 3 is 2.67 bits per heavy atom. The number of halogens is 1. The van der Waals surface area contributed by atoms with Gasteiger partial charge in [0.15, 0.2) is 0 Å². The van der Waals surface area contributed by atoms with Crippen LogP contribution in [0.5, 0.6) is 5.75 Å². The molecule has 2 N–H and O–H groups in total. The summed E-state index contributed by atoms with van der Waals surface area (Å²) >= 11 is 6.21. The molecule has 0 heterocycles. The number of hydrogen-bond donors (Lipinski definition) is 1. The maximum atomic E-state index is 6.21. The molecule has 3 heteroatoms. The topological polar surface area (TPSA) is 35.2 Å². The van der Waals surface area contributed by atoms with Crippen molar-refractivity contribution in [2.24, 2.45) is 11.7 Å². The second kappa shape index (κ2) is 7.65. The first-order chi connectivity index (χ1) is 8.54. The highest BCUT2D eigenvalue weighted by Gasteiger charge is 2.11. The lowest BCUT2D eigenvalue weighted by Crippen LogP contribution is -2.21. The number of hydrogen-bond acceptors (Lipinski definition) is 2. The van der Waals surface area contributed by atoms with E-state index >= 15 is 0 Å². The van der Waals surface area contributed by atoms with Crippen LogP contribution in [0.25, 0.3) is 0 Å². The Balaban J connectivity index is 2.74. The Morgan fingerprint density at radius 2 is 2.06 bits per heavy atom. The molecule has 1 aromatic rings. The molecule has 1 rings (SSSR count). The second-order valence-electron chi connectivity index (χ2n) is 5.13. The Kier molecular flexibility index (Phi) is 6.51. The summed E-state index contributed by atoms with van der Waals surface area (Å²) in [5.41, 5.74) is 7.11. The fraction of sp³-hybridized carbons (Fsp3) is 0.600. The standard InChI is InChI=1S/C15H24ClNO/c1-4-13(17)10-12-6-5-7-14(16)15(12)18-9-8-11(2)3/h5-7,11,13H,4,8-10,17H2,1-3H3. The van der Waals surface area contributed by atoms with Crippen molar-refractivity contribution < 1.29 is 4.74 Å². The van der Waals surface area contributed by atoms with Crippen molar-refractivity contribution in [2.75, 3.05) is 6.61 Å². The lowest BCUT2D eigenvalue weighted by Gasteiger charge is -2.16. The summed E-state index contributed by atoms with van der Waals surface area (Å²) in [6.07, 6.45) is 2.80. The number of para-hydroxylation sites is 1. The average Bonchev–Trinajstić information content (AvgIpc) is 2.32. The van der Waals surface area contributed by atoms with Crippen LogP contribution in [-0.4, -0.2) is 12.6 Å². The summed E-state index contributed by atoms with van der Waals surface area (Å²) in [7, 11) is 0. The SMILES string of the molecule is CCC(N)Cc1cccc(Cl)c1OCCC(C)C. The normalized spacial score (nSPS) is 12.8. The van der Waals surface area contributed by atoms with Gasteiger partial charge in [0.25, 0.3) is 0 Å². The van der Waals surface area contributed by atoms with E-state index in [4.69, 9.17) is 22.1 Å². The van der Waals surface area contributed by atoms with E-state index in [2.05, 4.69) is 20.8 Å². The van der Waals surface area contributed by atoms with Crippen molar-refractivity contribution in [3.05, 3.63) is 28.8 Å². The van der Waals surface area contributed by atoms with E-state index in [1.807, 2.05) is 18.2 Å². The number of rotatable bonds is 7. The van der Waals surface area contributed by atoms with Crippen molar-refractivity contribution in [2.45, 2.75) is 46.1 Å². The van der Waals surface area contributed by atoms with Crippen LogP contribution in [0.3, 0.4) is 0 Å². The van der Waals surface area contributed by atoms with Crippen LogP contribution >= 0.6 is 11.6 Å². The summed E-state index contributed by atoms with van der Waals surface area (Å²) in [6.45, 7) is 7.16. The van der Waals surface area contributed by atoms with Gasteiger partial charge in [-0.15, -0.1) is 0 Å². The Hall–Kier alpha value is -0.730. The van der Waals surface area contributed by atoms with Gasteiger partial charge in [0.1, 0.15) is 5.75 Å². The summed E-state index contributed by atoms with van der Waals surface area (Å²) in [6, 6.07) is 6.03. The second-order valence-corrected chi connectivity index (χ2v) is 5.54. The van der Waals surface area contributed by atoms with Gasteiger partial charge in [-0.05, 0) is 36.8 Å². The molecule has 0 amide bonds. The molecule has 1 unspecified atom stereocenters. The third-order valence-electron chi connectivity index (χ3n) is 3.00. The van der Waals surface area contributed by atoms with E-state index in [9.17, 15) is 0 Å². The first-order valence-electron chi connectivity index (χ1n) is 6.70. The maximum absolute atomic E-state index is 6.21. The van der Waals surface area contributed by atoms with Gasteiger partial charge in [0, 0.05) is 6.04 Å². The van der Waals surface area contributed by atoms with Crippen molar-refractivity contribution in [1.29, 1.82) is 0 Å². The lowest BCUT2D eigenvalue weighted by atomic mass is 10.0. The molecule has 0 aliphatic rings. The molecule has 1 atom stereocenters. The van der Waals surface area contributed by atoms with E-state index in [1.165, 1.54) is 0 Å². The number of benzene rings is 1. The minimum atomic E-state index is 0.163. The zero-order valence-corrected chi connectivity index (χ0v) is 12.3. The van der Waals surface area contributed by atoms with Crippen LogP contribution in [-0.2, 0) is 6.42 Å². The Labute approximate surface area is 115 Å². The monoisotopic (exact) mass is 269 g/mol. The van der Waals surface area contributed by atoms with Gasteiger partial charge in [-0.1, -0.05) is 44.5 Å².